The number of nitrogens with one attached hydrogen (secondary N) is 1. The Morgan fingerprint density at radius 2 is 2.00 bits per heavy atom. The molecule has 9 nitrogen and oxygen atoms in total. The van der Waals surface area contributed by atoms with Crippen LogP contribution in [0.15, 0.2) is 18.6 Å². The minimum Gasteiger partial charge on any atom is -0.387 e. The molecule has 3 heterocycles. The molecule has 0 aromatic carbocycles. The number of anilines is 1. The molecule has 27 heavy (non-hydrogen) atoms. The quantitative estimate of drug-likeness (QED) is 0.759. The fourth-order valence-electron chi connectivity index (χ4n) is 2.83. The summed E-state index contributed by atoms with van der Waals surface area (Å²) in [5.41, 5.74) is 0.286. The van der Waals surface area contributed by atoms with E-state index in [2.05, 4.69) is 20.3 Å². The van der Waals surface area contributed by atoms with E-state index in [1.54, 1.807) is 28.5 Å². The summed E-state index contributed by atoms with van der Waals surface area (Å²) in [6.45, 7) is 5.55. The second-order valence-corrected chi connectivity index (χ2v) is 7.56. The predicted molar refractivity (Wildman–Crippen MR) is 101 cm³/mol. The molecule has 1 atom stereocenters. The minimum atomic E-state index is -0.478. The van der Waals surface area contributed by atoms with E-state index in [1.807, 2.05) is 18.7 Å². The molecule has 2 aromatic heterocycles. The highest BCUT2D eigenvalue weighted by Gasteiger charge is 2.22. The summed E-state index contributed by atoms with van der Waals surface area (Å²) in [5.74, 6) is 0.0842. The van der Waals surface area contributed by atoms with Gasteiger partial charge >= 0.3 is 0 Å². The lowest BCUT2D eigenvalue weighted by atomic mass is 10.2. The van der Waals surface area contributed by atoms with Crippen molar-refractivity contribution in [3.05, 3.63) is 34.2 Å². The summed E-state index contributed by atoms with van der Waals surface area (Å²) >= 11 is 1.55. The number of amides is 2. The van der Waals surface area contributed by atoms with Crippen molar-refractivity contribution in [3.63, 3.8) is 0 Å². The summed E-state index contributed by atoms with van der Waals surface area (Å²) in [6.07, 6.45) is 3.15. The smallest absolute Gasteiger partial charge is 0.270 e. The van der Waals surface area contributed by atoms with Gasteiger partial charge in [-0.15, -0.1) is 11.3 Å². The molecule has 0 radical (unpaired) electrons. The van der Waals surface area contributed by atoms with Crippen LogP contribution in [-0.4, -0.2) is 69.6 Å². The Balaban J connectivity index is 1.63. The largest absolute Gasteiger partial charge is 0.387 e. The molecular weight excluding hydrogens is 368 g/mol. The SMILES string of the molecule is Cc1cnc(C(C)NC(=O)c2cc(N3CCN(C(=O)CO)CC3)ncn2)s1. The first-order valence-corrected chi connectivity index (χ1v) is 9.48. The topological polar surface area (TPSA) is 112 Å². The van der Waals surface area contributed by atoms with Crippen LogP contribution in [0.3, 0.4) is 0 Å². The number of carbonyl (C=O) groups is 2. The van der Waals surface area contributed by atoms with Gasteiger partial charge in [0.05, 0.1) is 6.04 Å². The van der Waals surface area contributed by atoms with E-state index >= 15 is 0 Å². The van der Waals surface area contributed by atoms with Crippen molar-refractivity contribution >= 4 is 29.0 Å². The van der Waals surface area contributed by atoms with Crippen molar-refractivity contribution in [2.45, 2.75) is 19.9 Å². The maximum Gasteiger partial charge on any atom is 0.270 e. The average molecular weight is 390 g/mol. The molecule has 0 bridgehead atoms. The van der Waals surface area contributed by atoms with Crippen LogP contribution in [0.4, 0.5) is 5.82 Å². The molecule has 144 valence electrons. The molecule has 1 saturated heterocycles. The summed E-state index contributed by atoms with van der Waals surface area (Å²) < 4.78 is 0. The zero-order chi connectivity index (χ0) is 19.4. The monoisotopic (exact) mass is 390 g/mol. The van der Waals surface area contributed by atoms with E-state index in [-0.39, 0.29) is 23.6 Å². The van der Waals surface area contributed by atoms with Crippen LogP contribution >= 0.6 is 11.3 Å². The number of aliphatic hydroxyl groups is 1. The molecule has 0 aliphatic carbocycles. The van der Waals surface area contributed by atoms with E-state index in [0.29, 0.717) is 32.0 Å². The standard InChI is InChI=1S/C17H22N6O3S/c1-11-8-18-17(27-11)12(2)21-16(26)13-7-14(20-10-19-13)22-3-5-23(6-4-22)15(25)9-24/h7-8,10,12,24H,3-6,9H2,1-2H3,(H,21,26). The third-order valence-corrected chi connectivity index (χ3v) is 5.43. The molecular formula is C17H22N6O3S. The van der Waals surface area contributed by atoms with Gasteiger partial charge in [-0.3, -0.25) is 9.59 Å². The van der Waals surface area contributed by atoms with Crippen molar-refractivity contribution in [1.82, 2.24) is 25.2 Å². The average Bonchev–Trinajstić information content (AvgIpc) is 3.14. The predicted octanol–water partition coefficient (Wildman–Crippen LogP) is 0.373. The Bertz CT molecular complexity index is 819. The number of aromatic nitrogens is 3. The van der Waals surface area contributed by atoms with Gasteiger partial charge in [-0.25, -0.2) is 15.0 Å². The van der Waals surface area contributed by atoms with Crippen LogP contribution in [0.5, 0.6) is 0 Å². The number of nitrogens with zero attached hydrogens (tertiary/aromatic N) is 5. The van der Waals surface area contributed by atoms with Gasteiger partial charge in [-0.05, 0) is 13.8 Å². The lowest BCUT2D eigenvalue weighted by Gasteiger charge is -2.35. The number of aryl methyl sites for hydroxylation is 1. The van der Waals surface area contributed by atoms with Gasteiger partial charge in [0, 0.05) is 43.3 Å². The first kappa shape index (κ1) is 19.2. The second-order valence-electron chi connectivity index (χ2n) is 6.29. The van der Waals surface area contributed by atoms with Gasteiger partial charge in [-0.2, -0.15) is 0 Å². The number of piperazine rings is 1. The molecule has 1 aliphatic heterocycles. The van der Waals surface area contributed by atoms with E-state index < -0.39 is 6.61 Å². The summed E-state index contributed by atoms with van der Waals surface area (Å²) in [6, 6.07) is 1.45. The van der Waals surface area contributed by atoms with Crippen molar-refractivity contribution in [3.8, 4) is 0 Å². The van der Waals surface area contributed by atoms with Gasteiger partial charge in [-0.1, -0.05) is 0 Å². The fraction of sp³-hybridized carbons (Fsp3) is 0.471. The molecule has 3 rings (SSSR count). The van der Waals surface area contributed by atoms with Crippen molar-refractivity contribution in [2.75, 3.05) is 37.7 Å². The maximum atomic E-state index is 12.5. The molecule has 2 amide bonds. The van der Waals surface area contributed by atoms with Crippen LogP contribution in [0.1, 0.15) is 33.3 Å². The highest BCUT2D eigenvalue weighted by molar-refractivity contribution is 7.11. The Morgan fingerprint density at radius 3 is 2.63 bits per heavy atom. The van der Waals surface area contributed by atoms with Crippen LogP contribution in [0.2, 0.25) is 0 Å². The molecule has 1 fully saturated rings. The van der Waals surface area contributed by atoms with Gasteiger partial charge < -0.3 is 20.2 Å². The zero-order valence-electron chi connectivity index (χ0n) is 15.3. The first-order valence-electron chi connectivity index (χ1n) is 8.66. The third-order valence-electron chi connectivity index (χ3n) is 4.33. The Hall–Kier alpha value is -2.59. The number of rotatable bonds is 5. The molecule has 0 saturated carbocycles. The van der Waals surface area contributed by atoms with Crippen molar-refractivity contribution in [2.24, 2.45) is 0 Å². The highest BCUT2D eigenvalue weighted by Crippen LogP contribution is 2.20. The van der Waals surface area contributed by atoms with Gasteiger partial charge in [0.25, 0.3) is 5.91 Å². The number of carbonyl (C=O) groups excluding carboxylic acids is 2. The number of aliphatic hydroxyl groups excluding tert-OH is 1. The summed E-state index contributed by atoms with van der Waals surface area (Å²) in [4.78, 5) is 41.4. The molecule has 0 spiro atoms. The zero-order valence-corrected chi connectivity index (χ0v) is 16.1. The Labute approximate surface area is 161 Å². The highest BCUT2D eigenvalue weighted by atomic mass is 32.1. The fourth-order valence-corrected chi connectivity index (χ4v) is 3.61. The van der Waals surface area contributed by atoms with Crippen LogP contribution in [0.25, 0.3) is 0 Å². The van der Waals surface area contributed by atoms with Crippen molar-refractivity contribution < 1.29 is 14.7 Å². The number of thiazole rings is 1. The molecule has 10 heteroatoms. The normalized spacial score (nSPS) is 15.5. The minimum absolute atomic E-state index is 0.206. The van der Waals surface area contributed by atoms with Crippen LogP contribution < -0.4 is 10.2 Å². The number of hydrogen-bond acceptors (Lipinski definition) is 8. The van der Waals surface area contributed by atoms with E-state index in [1.165, 1.54) is 6.33 Å². The maximum absolute atomic E-state index is 12.5. The third kappa shape index (κ3) is 4.58. The van der Waals surface area contributed by atoms with Crippen LogP contribution in [-0.2, 0) is 4.79 Å². The van der Waals surface area contributed by atoms with E-state index in [9.17, 15) is 9.59 Å². The summed E-state index contributed by atoms with van der Waals surface area (Å²) in [5, 5.41) is 12.7. The van der Waals surface area contributed by atoms with Crippen LogP contribution in [0, 0.1) is 6.92 Å². The van der Waals surface area contributed by atoms with E-state index in [4.69, 9.17) is 5.11 Å². The van der Waals surface area contributed by atoms with Crippen molar-refractivity contribution in [1.29, 1.82) is 0 Å². The molecule has 2 aromatic rings. The first-order chi connectivity index (χ1) is 13.0. The van der Waals surface area contributed by atoms with Gasteiger partial charge in [0.1, 0.15) is 29.5 Å². The molecule has 1 unspecified atom stereocenters. The number of hydrogen-bond donors (Lipinski definition) is 2. The van der Waals surface area contributed by atoms with Gasteiger partial charge in [0.2, 0.25) is 5.91 Å². The molecule has 1 aliphatic rings. The summed E-state index contributed by atoms with van der Waals surface area (Å²) in [7, 11) is 0. The molecule has 2 N–H and O–H groups in total. The van der Waals surface area contributed by atoms with E-state index in [0.717, 1.165) is 9.88 Å². The Kier molecular flexibility index (Phi) is 5.97. The lowest BCUT2D eigenvalue weighted by Crippen LogP contribution is -2.49. The lowest BCUT2D eigenvalue weighted by molar-refractivity contribution is -0.134. The van der Waals surface area contributed by atoms with Gasteiger partial charge in [0.15, 0.2) is 0 Å². The second kappa shape index (κ2) is 8.40. The Morgan fingerprint density at radius 1 is 1.26 bits per heavy atom.